The summed E-state index contributed by atoms with van der Waals surface area (Å²) in [5, 5.41) is 12.5. The quantitative estimate of drug-likeness (QED) is 0.863. The lowest BCUT2D eigenvalue weighted by Gasteiger charge is -2.27. The predicted octanol–water partition coefficient (Wildman–Crippen LogP) is 1.90. The topological polar surface area (TPSA) is 71.5 Å². The van der Waals surface area contributed by atoms with E-state index in [-0.39, 0.29) is 18.6 Å². The van der Waals surface area contributed by atoms with Crippen molar-refractivity contribution in [2.24, 2.45) is 0 Å². The molecule has 0 saturated heterocycles. The van der Waals surface area contributed by atoms with E-state index in [0.29, 0.717) is 11.4 Å². The summed E-state index contributed by atoms with van der Waals surface area (Å²) in [5.74, 6) is 0.318. The number of carbonyl (C=O) groups is 1. The predicted molar refractivity (Wildman–Crippen MR) is 75.8 cm³/mol. The maximum Gasteiger partial charge on any atom is 0.253 e. The second-order valence-corrected chi connectivity index (χ2v) is 5.65. The van der Waals surface area contributed by atoms with Crippen LogP contribution in [0.4, 0.5) is 0 Å². The molecule has 0 aromatic carbocycles. The smallest absolute Gasteiger partial charge is 0.253 e. The molecule has 0 atom stereocenters. The zero-order valence-corrected chi connectivity index (χ0v) is 12.1. The summed E-state index contributed by atoms with van der Waals surface area (Å²) in [6, 6.07) is 3.38. The Morgan fingerprint density at radius 1 is 1.45 bits per heavy atom. The van der Waals surface area contributed by atoms with Gasteiger partial charge in [-0.15, -0.1) is 0 Å². The molecule has 0 radical (unpaired) electrons. The Morgan fingerprint density at radius 2 is 2.15 bits per heavy atom. The molecule has 0 unspecified atom stereocenters. The van der Waals surface area contributed by atoms with Gasteiger partial charge in [0.05, 0.1) is 23.8 Å². The molecule has 1 aromatic heterocycles. The summed E-state index contributed by atoms with van der Waals surface area (Å²) in [5.41, 5.74) is 0.0327. The van der Waals surface area contributed by atoms with Crippen LogP contribution in [0.15, 0.2) is 18.3 Å². The van der Waals surface area contributed by atoms with E-state index in [1.165, 1.54) is 6.20 Å². The first-order chi connectivity index (χ1) is 9.54. The van der Waals surface area contributed by atoms with Gasteiger partial charge >= 0.3 is 0 Å². The van der Waals surface area contributed by atoms with E-state index in [9.17, 15) is 9.90 Å². The molecule has 0 bridgehead atoms. The molecule has 0 spiro atoms. The Hall–Kier alpha value is -1.62. The second-order valence-electron chi connectivity index (χ2n) is 5.65. The third-order valence-electron chi connectivity index (χ3n) is 3.60. The number of aliphatic hydroxyl groups is 1. The number of aliphatic hydroxyl groups excluding tert-OH is 1. The molecule has 1 saturated carbocycles. The molecule has 1 fully saturated rings. The van der Waals surface area contributed by atoms with Crippen molar-refractivity contribution in [1.29, 1.82) is 0 Å². The maximum atomic E-state index is 12.2. The van der Waals surface area contributed by atoms with Crippen LogP contribution in [0.5, 0.6) is 5.88 Å². The van der Waals surface area contributed by atoms with Gasteiger partial charge < -0.3 is 15.2 Å². The highest BCUT2D eigenvalue weighted by atomic mass is 16.5. The van der Waals surface area contributed by atoms with Crippen LogP contribution in [-0.2, 0) is 0 Å². The van der Waals surface area contributed by atoms with E-state index in [1.54, 1.807) is 12.1 Å². The van der Waals surface area contributed by atoms with Gasteiger partial charge in [0.25, 0.3) is 5.91 Å². The number of amides is 1. The van der Waals surface area contributed by atoms with Gasteiger partial charge in [0, 0.05) is 12.3 Å². The zero-order chi connectivity index (χ0) is 14.6. The van der Waals surface area contributed by atoms with E-state index < -0.39 is 5.54 Å². The molecule has 1 aromatic rings. The summed E-state index contributed by atoms with van der Waals surface area (Å²) < 4.78 is 5.44. The van der Waals surface area contributed by atoms with Crippen molar-refractivity contribution < 1.29 is 14.6 Å². The van der Waals surface area contributed by atoms with E-state index in [0.717, 1.165) is 25.7 Å². The Bertz CT molecular complexity index is 451. The van der Waals surface area contributed by atoms with E-state index >= 15 is 0 Å². The second kappa shape index (κ2) is 6.22. The summed E-state index contributed by atoms with van der Waals surface area (Å²) in [6.45, 7) is 3.83. The lowest BCUT2D eigenvalue weighted by molar-refractivity contribution is 0.0838. The Balaban J connectivity index is 2.02. The molecular formula is C15H22N2O3. The molecule has 20 heavy (non-hydrogen) atoms. The minimum absolute atomic E-state index is 0.0132. The molecule has 5 nitrogen and oxygen atoms in total. The summed E-state index contributed by atoms with van der Waals surface area (Å²) in [7, 11) is 0. The fraction of sp³-hybridized carbons (Fsp3) is 0.600. The van der Waals surface area contributed by atoms with Crippen LogP contribution in [0.3, 0.4) is 0 Å². The van der Waals surface area contributed by atoms with Crippen molar-refractivity contribution >= 4 is 5.91 Å². The van der Waals surface area contributed by atoms with Gasteiger partial charge in [0.2, 0.25) is 5.88 Å². The third-order valence-corrected chi connectivity index (χ3v) is 3.60. The van der Waals surface area contributed by atoms with E-state index in [1.807, 2.05) is 13.8 Å². The number of aromatic nitrogens is 1. The van der Waals surface area contributed by atoms with Crippen molar-refractivity contribution in [1.82, 2.24) is 10.3 Å². The third kappa shape index (κ3) is 3.48. The first-order valence-corrected chi connectivity index (χ1v) is 7.11. The van der Waals surface area contributed by atoms with Crippen LogP contribution in [-0.4, -0.2) is 34.2 Å². The van der Waals surface area contributed by atoms with Crippen LogP contribution in [0.2, 0.25) is 0 Å². The van der Waals surface area contributed by atoms with Crippen molar-refractivity contribution in [2.45, 2.75) is 51.2 Å². The number of rotatable bonds is 5. The number of hydrogen-bond acceptors (Lipinski definition) is 4. The van der Waals surface area contributed by atoms with Gasteiger partial charge in [-0.3, -0.25) is 4.79 Å². The van der Waals surface area contributed by atoms with Crippen LogP contribution in [0.25, 0.3) is 0 Å². The van der Waals surface area contributed by atoms with Gasteiger partial charge in [0.15, 0.2) is 0 Å². The average Bonchev–Trinajstić information content (AvgIpc) is 2.88. The fourth-order valence-corrected chi connectivity index (χ4v) is 2.51. The number of ether oxygens (including phenoxy) is 1. The first kappa shape index (κ1) is 14.8. The molecule has 2 N–H and O–H groups in total. The number of nitrogens with one attached hydrogen (secondary N) is 1. The molecule has 0 aliphatic heterocycles. The Kier molecular flexibility index (Phi) is 4.60. The molecule has 1 aliphatic rings. The molecule has 2 rings (SSSR count). The molecule has 1 amide bonds. The van der Waals surface area contributed by atoms with Gasteiger partial charge in [-0.1, -0.05) is 12.8 Å². The van der Waals surface area contributed by atoms with Gasteiger partial charge in [-0.05, 0) is 32.8 Å². The summed E-state index contributed by atoms with van der Waals surface area (Å²) in [4.78, 5) is 16.3. The normalized spacial score (nSPS) is 17.2. The highest BCUT2D eigenvalue weighted by molar-refractivity contribution is 5.94. The van der Waals surface area contributed by atoms with Crippen LogP contribution < -0.4 is 10.1 Å². The SMILES string of the molecule is CC(C)Oc1ccc(C(=O)NC2(CO)CCCC2)cn1. The van der Waals surface area contributed by atoms with E-state index in [2.05, 4.69) is 10.3 Å². The zero-order valence-electron chi connectivity index (χ0n) is 12.1. The molecule has 1 aliphatic carbocycles. The number of pyridine rings is 1. The van der Waals surface area contributed by atoms with Gasteiger partial charge in [-0.25, -0.2) is 4.98 Å². The maximum absolute atomic E-state index is 12.2. The number of nitrogens with zero attached hydrogens (tertiary/aromatic N) is 1. The Morgan fingerprint density at radius 3 is 2.65 bits per heavy atom. The van der Waals surface area contributed by atoms with Crippen molar-refractivity contribution in [3.8, 4) is 5.88 Å². The highest BCUT2D eigenvalue weighted by Gasteiger charge is 2.34. The molecular weight excluding hydrogens is 256 g/mol. The summed E-state index contributed by atoms with van der Waals surface area (Å²) >= 11 is 0. The van der Waals surface area contributed by atoms with Crippen LogP contribution in [0.1, 0.15) is 49.9 Å². The minimum atomic E-state index is -0.454. The molecule has 5 heteroatoms. The summed E-state index contributed by atoms with van der Waals surface area (Å²) in [6.07, 6.45) is 5.31. The van der Waals surface area contributed by atoms with Gasteiger partial charge in [-0.2, -0.15) is 0 Å². The van der Waals surface area contributed by atoms with Crippen LogP contribution >= 0.6 is 0 Å². The molecule has 110 valence electrons. The lowest BCUT2D eigenvalue weighted by atomic mass is 9.98. The average molecular weight is 278 g/mol. The van der Waals surface area contributed by atoms with Gasteiger partial charge in [0.1, 0.15) is 0 Å². The number of hydrogen-bond donors (Lipinski definition) is 2. The van der Waals surface area contributed by atoms with Crippen molar-refractivity contribution in [2.75, 3.05) is 6.61 Å². The number of carbonyl (C=O) groups excluding carboxylic acids is 1. The minimum Gasteiger partial charge on any atom is -0.475 e. The standard InChI is InChI=1S/C15H22N2O3/c1-11(2)20-13-6-5-12(9-16-13)14(19)17-15(10-18)7-3-4-8-15/h5-6,9,11,18H,3-4,7-8,10H2,1-2H3,(H,17,19). The highest BCUT2D eigenvalue weighted by Crippen LogP contribution is 2.29. The largest absolute Gasteiger partial charge is 0.475 e. The van der Waals surface area contributed by atoms with E-state index in [4.69, 9.17) is 4.74 Å². The fourth-order valence-electron chi connectivity index (χ4n) is 2.51. The monoisotopic (exact) mass is 278 g/mol. The van der Waals surface area contributed by atoms with Crippen molar-refractivity contribution in [3.05, 3.63) is 23.9 Å². The van der Waals surface area contributed by atoms with Crippen molar-refractivity contribution in [3.63, 3.8) is 0 Å². The Labute approximate surface area is 119 Å². The molecule has 1 heterocycles. The lowest BCUT2D eigenvalue weighted by Crippen LogP contribution is -2.49. The first-order valence-electron chi connectivity index (χ1n) is 7.11. The van der Waals surface area contributed by atoms with Crippen LogP contribution in [0, 0.1) is 0 Å².